The van der Waals surface area contributed by atoms with Gasteiger partial charge in [0.25, 0.3) is 0 Å². The molecule has 2 amide bonds. The van der Waals surface area contributed by atoms with Crippen LogP contribution in [-0.4, -0.2) is 39.7 Å². The third-order valence-corrected chi connectivity index (χ3v) is 6.52. The molecule has 146 valence electrons. The summed E-state index contributed by atoms with van der Waals surface area (Å²) in [5.74, 6) is -0.139. The highest BCUT2D eigenvalue weighted by molar-refractivity contribution is 8.15. The smallest absolute Gasteiger partial charge is 0.242 e. The Hall–Kier alpha value is -1.24. The summed E-state index contributed by atoms with van der Waals surface area (Å²) >= 11 is 13.4. The number of rotatable bonds is 5. The molecule has 1 unspecified atom stereocenters. The minimum absolute atomic E-state index is 0.0606. The van der Waals surface area contributed by atoms with Crippen molar-refractivity contribution in [3.05, 3.63) is 28.2 Å². The van der Waals surface area contributed by atoms with Gasteiger partial charge in [0, 0.05) is 24.0 Å². The lowest BCUT2D eigenvalue weighted by molar-refractivity contribution is -0.129. The average molecular weight is 428 g/mol. The zero-order chi connectivity index (χ0) is 19.4. The standard InChI is InChI=1S/C19H23Cl2N3O2S/c1-2-24-18(26)16(11-17(25)22-13-6-4-3-5-7-13)27-19(24)23-15-9-8-12(20)10-14(15)21/h8-10,13,16H,2-7,11H2,1H3,(H,22,25). The van der Waals surface area contributed by atoms with E-state index in [1.54, 1.807) is 23.1 Å². The summed E-state index contributed by atoms with van der Waals surface area (Å²) in [5, 5.41) is 4.17. The van der Waals surface area contributed by atoms with E-state index in [1.807, 2.05) is 6.92 Å². The number of hydrogen-bond acceptors (Lipinski definition) is 4. The molecule has 3 rings (SSSR count). The molecule has 1 atom stereocenters. The molecule has 1 saturated carbocycles. The molecular formula is C19H23Cl2N3O2S. The fourth-order valence-corrected chi connectivity index (χ4v) is 5.06. The fourth-order valence-electron chi connectivity index (χ4n) is 3.39. The van der Waals surface area contributed by atoms with Gasteiger partial charge in [-0.05, 0) is 38.0 Å². The first-order valence-corrected chi connectivity index (χ1v) is 10.9. The molecule has 1 aromatic carbocycles. The second-order valence-electron chi connectivity index (χ2n) is 6.79. The number of benzene rings is 1. The van der Waals surface area contributed by atoms with Crippen molar-refractivity contribution in [3.8, 4) is 0 Å². The van der Waals surface area contributed by atoms with Crippen LogP contribution in [0.4, 0.5) is 5.69 Å². The van der Waals surface area contributed by atoms with E-state index in [2.05, 4.69) is 10.3 Å². The predicted molar refractivity (Wildman–Crippen MR) is 112 cm³/mol. The first kappa shape index (κ1) is 20.5. The van der Waals surface area contributed by atoms with Gasteiger partial charge in [0.2, 0.25) is 11.8 Å². The van der Waals surface area contributed by atoms with Crippen LogP contribution in [0, 0.1) is 0 Å². The molecule has 1 aliphatic carbocycles. The SMILES string of the molecule is CCN1C(=O)C(CC(=O)NC2CCCCC2)SC1=Nc1ccc(Cl)cc1Cl. The van der Waals surface area contributed by atoms with Crippen molar-refractivity contribution < 1.29 is 9.59 Å². The molecule has 1 saturated heterocycles. The van der Waals surface area contributed by atoms with E-state index in [1.165, 1.54) is 18.2 Å². The predicted octanol–water partition coefficient (Wildman–Crippen LogP) is 4.78. The van der Waals surface area contributed by atoms with E-state index >= 15 is 0 Å². The van der Waals surface area contributed by atoms with Gasteiger partial charge in [-0.15, -0.1) is 0 Å². The highest BCUT2D eigenvalue weighted by Crippen LogP contribution is 2.34. The Balaban J connectivity index is 1.68. The molecule has 1 N–H and O–H groups in total. The molecule has 0 radical (unpaired) electrons. The van der Waals surface area contributed by atoms with Crippen LogP contribution in [0.5, 0.6) is 0 Å². The van der Waals surface area contributed by atoms with Gasteiger partial charge in [0.05, 0.1) is 10.7 Å². The van der Waals surface area contributed by atoms with Crippen LogP contribution in [0.15, 0.2) is 23.2 Å². The van der Waals surface area contributed by atoms with E-state index in [0.29, 0.717) is 27.4 Å². The molecule has 0 spiro atoms. The van der Waals surface area contributed by atoms with Crippen LogP contribution in [0.3, 0.4) is 0 Å². The highest BCUT2D eigenvalue weighted by Gasteiger charge is 2.38. The Morgan fingerprint density at radius 3 is 2.70 bits per heavy atom. The lowest BCUT2D eigenvalue weighted by Gasteiger charge is -2.23. The largest absolute Gasteiger partial charge is 0.353 e. The van der Waals surface area contributed by atoms with Crippen molar-refractivity contribution >= 4 is 57.6 Å². The number of halogens is 2. The lowest BCUT2D eigenvalue weighted by Crippen LogP contribution is -2.39. The third-order valence-electron chi connectivity index (χ3n) is 4.80. The van der Waals surface area contributed by atoms with E-state index in [9.17, 15) is 9.59 Å². The van der Waals surface area contributed by atoms with Crippen molar-refractivity contribution in [2.75, 3.05) is 6.54 Å². The van der Waals surface area contributed by atoms with Crippen LogP contribution < -0.4 is 5.32 Å². The van der Waals surface area contributed by atoms with Crippen molar-refractivity contribution in [3.63, 3.8) is 0 Å². The molecule has 27 heavy (non-hydrogen) atoms. The maximum Gasteiger partial charge on any atom is 0.242 e. The Kier molecular flexibility index (Phi) is 7.06. The van der Waals surface area contributed by atoms with Crippen molar-refractivity contribution in [1.82, 2.24) is 10.2 Å². The zero-order valence-electron chi connectivity index (χ0n) is 15.2. The van der Waals surface area contributed by atoms with E-state index in [4.69, 9.17) is 23.2 Å². The van der Waals surface area contributed by atoms with Gasteiger partial charge in [0.15, 0.2) is 5.17 Å². The highest BCUT2D eigenvalue weighted by atomic mass is 35.5. The van der Waals surface area contributed by atoms with Crippen LogP contribution in [0.25, 0.3) is 0 Å². The summed E-state index contributed by atoms with van der Waals surface area (Å²) in [4.78, 5) is 31.2. The third kappa shape index (κ3) is 5.18. The fraction of sp³-hybridized carbons (Fsp3) is 0.526. The number of carbonyl (C=O) groups is 2. The molecule has 0 aromatic heterocycles. The van der Waals surface area contributed by atoms with Crippen molar-refractivity contribution in [2.24, 2.45) is 4.99 Å². The minimum atomic E-state index is -0.446. The minimum Gasteiger partial charge on any atom is -0.353 e. The van der Waals surface area contributed by atoms with Gasteiger partial charge in [0.1, 0.15) is 5.25 Å². The van der Waals surface area contributed by atoms with Gasteiger partial charge < -0.3 is 5.32 Å². The molecule has 5 nitrogen and oxygen atoms in total. The van der Waals surface area contributed by atoms with Gasteiger partial charge in [-0.1, -0.05) is 54.2 Å². The summed E-state index contributed by atoms with van der Waals surface area (Å²) in [7, 11) is 0. The van der Waals surface area contributed by atoms with E-state index in [-0.39, 0.29) is 24.3 Å². The molecule has 8 heteroatoms. The van der Waals surface area contributed by atoms with Crippen LogP contribution in [-0.2, 0) is 9.59 Å². The summed E-state index contributed by atoms with van der Waals surface area (Å²) < 4.78 is 0. The van der Waals surface area contributed by atoms with E-state index < -0.39 is 5.25 Å². The van der Waals surface area contributed by atoms with Gasteiger partial charge in [-0.2, -0.15) is 0 Å². The topological polar surface area (TPSA) is 61.8 Å². The normalized spacial score (nSPS) is 22.5. The first-order chi connectivity index (χ1) is 13.0. The molecule has 0 bridgehead atoms. The lowest BCUT2D eigenvalue weighted by atomic mass is 9.95. The quantitative estimate of drug-likeness (QED) is 0.734. The Bertz CT molecular complexity index is 750. The molecule has 1 aliphatic heterocycles. The molecule has 1 heterocycles. The monoisotopic (exact) mass is 427 g/mol. The molecular weight excluding hydrogens is 405 g/mol. The summed E-state index contributed by atoms with van der Waals surface area (Å²) in [6.07, 6.45) is 5.78. The maximum absolute atomic E-state index is 12.7. The second-order valence-corrected chi connectivity index (χ2v) is 8.80. The molecule has 2 fully saturated rings. The maximum atomic E-state index is 12.7. The Morgan fingerprint density at radius 2 is 2.04 bits per heavy atom. The second kappa shape index (κ2) is 9.30. The van der Waals surface area contributed by atoms with Gasteiger partial charge in [-0.25, -0.2) is 4.99 Å². The Labute approximate surface area is 173 Å². The summed E-state index contributed by atoms with van der Waals surface area (Å²) in [6, 6.07) is 5.30. The van der Waals surface area contributed by atoms with Crippen LogP contribution in [0.1, 0.15) is 45.4 Å². The number of amides is 2. The first-order valence-electron chi connectivity index (χ1n) is 9.29. The summed E-state index contributed by atoms with van der Waals surface area (Å²) in [5.41, 5.74) is 0.558. The average Bonchev–Trinajstić information content (AvgIpc) is 2.92. The van der Waals surface area contributed by atoms with Gasteiger partial charge >= 0.3 is 0 Å². The number of nitrogens with one attached hydrogen (secondary N) is 1. The van der Waals surface area contributed by atoms with Crippen molar-refractivity contribution in [2.45, 2.75) is 56.7 Å². The number of aliphatic imine (C=N–C) groups is 1. The molecule has 2 aliphatic rings. The van der Waals surface area contributed by atoms with Crippen LogP contribution in [0.2, 0.25) is 10.0 Å². The Morgan fingerprint density at radius 1 is 1.30 bits per heavy atom. The number of thioether (sulfide) groups is 1. The summed E-state index contributed by atoms with van der Waals surface area (Å²) in [6.45, 7) is 2.39. The van der Waals surface area contributed by atoms with Crippen molar-refractivity contribution in [1.29, 1.82) is 0 Å². The van der Waals surface area contributed by atoms with E-state index in [0.717, 1.165) is 25.7 Å². The number of carbonyl (C=O) groups excluding carboxylic acids is 2. The molecule has 1 aromatic rings. The number of amidine groups is 1. The van der Waals surface area contributed by atoms with Crippen LogP contribution >= 0.6 is 35.0 Å². The number of hydrogen-bond donors (Lipinski definition) is 1. The van der Waals surface area contributed by atoms with Gasteiger partial charge in [-0.3, -0.25) is 14.5 Å². The number of nitrogens with zero attached hydrogens (tertiary/aromatic N) is 2. The zero-order valence-corrected chi connectivity index (χ0v) is 17.5.